The zero-order valence-electron chi connectivity index (χ0n) is 23.7. The van der Waals surface area contributed by atoms with Crippen molar-refractivity contribution in [1.29, 1.82) is 0 Å². The lowest BCUT2D eigenvalue weighted by molar-refractivity contribution is 0.0186. The number of aromatic nitrogens is 4. The molecule has 3 heterocycles. The molecular formula is C27H39N7O4S. The molecule has 4 rings (SSSR count). The van der Waals surface area contributed by atoms with E-state index in [9.17, 15) is 13.2 Å². The monoisotopic (exact) mass is 557 g/mol. The van der Waals surface area contributed by atoms with E-state index in [1.807, 2.05) is 34.9 Å². The number of fused-ring (bicyclic) bond motifs is 1. The van der Waals surface area contributed by atoms with Crippen LogP contribution in [0.25, 0.3) is 16.7 Å². The number of carbonyl (C=O) groups is 1. The van der Waals surface area contributed by atoms with Crippen LogP contribution in [-0.4, -0.2) is 103 Å². The Kier molecular flexibility index (Phi) is 8.45. The van der Waals surface area contributed by atoms with Crippen molar-refractivity contribution in [1.82, 2.24) is 29.5 Å². The molecule has 12 heteroatoms. The minimum Gasteiger partial charge on any atom is -0.444 e. The van der Waals surface area contributed by atoms with Crippen LogP contribution in [0.2, 0.25) is 0 Å². The minimum absolute atomic E-state index is 0.250. The minimum atomic E-state index is -3.29. The molecule has 1 aliphatic rings. The van der Waals surface area contributed by atoms with Crippen molar-refractivity contribution in [2.75, 3.05) is 58.0 Å². The highest BCUT2D eigenvalue weighted by molar-refractivity contribution is 7.90. The van der Waals surface area contributed by atoms with Crippen LogP contribution in [0.4, 0.5) is 10.6 Å². The highest BCUT2D eigenvalue weighted by atomic mass is 32.2. The Hall–Kier alpha value is -3.25. The molecule has 0 spiro atoms. The van der Waals surface area contributed by atoms with Crippen LogP contribution in [-0.2, 0) is 14.6 Å². The van der Waals surface area contributed by atoms with Crippen molar-refractivity contribution in [3.05, 3.63) is 36.8 Å². The zero-order valence-corrected chi connectivity index (χ0v) is 24.5. The van der Waals surface area contributed by atoms with Crippen LogP contribution in [0.1, 0.15) is 33.6 Å². The predicted octanol–water partition coefficient (Wildman–Crippen LogP) is 3.23. The molecule has 0 radical (unpaired) electrons. The lowest BCUT2D eigenvalue weighted by Gasteiger charge is -2.36. The van der Waals surface area contributed by atoms with Crippen molar-refractivity contribution in [2.45, 2.75) is 44.1 Å². The summed E-state index contributed by atoms with van der Waals surface area (Å²) in [6, 6.07) is 6.61. The number of hydrogen-bond acceptors (Lipinski definition) is 9. The molecule has 1 amide bonds. The van der Waals surface area contributed by atoms with Gasteiger partial charge in [0.15, 0.2) is 15.5 Å². The van der Waals surface area contributed by atoms with Crippen LogP contribution in [0.5, 0.6) is 0 Å². The third-order valence-electron chi connectivity index (χ3n) is 6.72. The van der Waals surface area contributed by atoms with Gasteiger partial charge >= 0.3 is 6.09 Å². The first kappa shape index (κ1) is 28.8. The first-order chi connectivity index (χ1) is 18.3. The predicted molar refractivity (Wildman–Crippen MR) is 151 cm³/mol. The van der Waals surface area contributed by atoms with E-state index >= 15 is 0 Å². The van der Waals surface area contributed by atoms with Gasteiger partial charge in [-0.25, -0.2) is 27.9 Å². The average Bonchev–Trinajstić information content (AvgIpc) is 3.30. The second-order valence-corrected chi connectivity index (χ2v) is 13.4. The molecular weight excluding hydrogens is 518 g/mol. The summed E-state index contributed by atoms with van der Waals surface area (Å²) in [4.78, 5) is 28.2. The SMILES string of the molecule is CN(C)CCN(CC1CCN(C(=O)OC(C)(C)C)CC1)c1ncnc2c1cnn2-c1ccc(S(C)(=O)=O)cc1. The Morgan fingerprint density at radius 2 is 1.74 bits per heavy atom. The quantitative estimate of drug-likeness (QED) is 0.412. The highest BCUT2D eigenvalue weighted by Crippen LogP contribution is 2.28. The van der Waals surface area contributed by atoms with E-state index in [1.165, 1.54) is 6.26 Å². The van der Waals surface area contributed by atoms with Gasteiger partial charge in [-0.3, -0.25) is 0 Å². The fourth-order valence-electron chi connectivity index (χ4n) is 4.65. The molecule has 0 unspecified atom stereocenters. The summed E-state index contributed by atoms with van der Waals surface area (Å²) in [5.41, 5.74) is 0.869. The number of piperidine rings is 1. The molecule has 11 nitrogen and oxygen atoms in total. The lowest BCUT2D eigenvalue weighted by Crippen LogP contribution is -2.44. The Bertz CT molecular complexity index is 1390. The van der Waals surface area contributed by atoms with E-state index in [0.717, 1.165) is 49.4 Å². The van der Waals surface area contributed by atoms with Gasteiger partial charge in [-0.05, 0) is 77.9 Å². The van der Waals surface area contributed by atoms with E-state index in [0.29, 0.717) is 24.7 Å². The molecule has 0 atom stereocenters. The third kappa shape index (κ3) is 7.24. The van der Waals surface area contributed by atoms with Gasteiger partial charge in [-0.2, -0.15) is 5.10 Å². The maximum Gasteiger partial charge on any atom is 0.410 e. The maximum absolute atomic E-state index is 12.5. The number of anilines is 1. The number of rotatable bonds is 8. The Morgan fingerprint density at radius 1 is 1.08 bits per heavy atom. The summed E-state index contributed by atoms with van der Waals surface area (Å²) < 4.78 is 31.0. The topological polar surface area (TPSA) is 114 Å². The van der Waals surface area contributed by atoms with Crippen molar-refractivity contribution >= 4 is 32.8 Å². The van der Waals surface area contributed by atoms with Crippen LogP contribution in [0, 0.1) is 5.92 Å². The fraction of sp³-hybridized carbons (Fsp3) is 0.556. The molecule has 3 aromatic rings. The van der Waals surface area contributed by atoms with Crippen LogP contribution in [0.15, 0.2) is 41.7 Å². The van der Waals surface area contributed by atoms with Gasteiger partial charge in [-0.15, -0.1) is 0 Å². The van der Waals surface area contributed by atoms with Gasteiger partial charge in [-0.1, -0.05) is 0 Å². The summed E-state index contributed by atoms with van der Waals surface area (Å²) in [5.74, 6) is 1.21. The van der Waals surface area contributed by atoms with Gasteiger partial charge in [0.25, 0.3) is 0 Å². The molecule has 1 saturated heterocycles. The summed E-state index contributed by atoms with van der Waals surface area (Å²) in [7, 11) is 0.806. The first-order valence-electron chi connectivity index (χ1n) is 13.2. The Morgan fingerprint density at radius 3 is 2.33 bits per heavy atom. The standard InChI is InChI=1S/C27H39N7O4S/c1-27(2,3)38-26(35)32-13-11-20(12-14-32)18-33(16-15-31(4)5)24-23-17-30-34(25(23)29-19-28-24)21-7-9-22(10-8-21)39(6,36)37/h7-10,17,19-20H,11-16,18H2,1-6H3. The number of nitrogens with zero attached hydrogens (tertiary/aromatic N) is 7. The molecule has 0 bridgehead atoms. The van der Waals surface area contributed by atoms with E-state index in [4.69, 9.17) is 4.74 Å². The summed E-state index contributed by atoms with van der Waals surface area (Å²) in [6.45, 7) is 9.42. The number of amides is 1. The van der Waals surface area contributed by atoms with E-state index < -0.39 is 15.4 Å². The van der Waals surface area contributed by atoms with Crippen molar-refractivity contribution in [3.63, 3.8) is 0 Å². The lowest BCUT2D eigenvalue weighted by atomic mass is 9.96. The fourth-order valence-corrected chi connectivity index (χ4v) is 5.28. The van der Waals surface area contributed by atoms with E-state index in [1.54, 1.807) is 46.4 Å². The largest absolute Gasteiger partial charge is 0.444 e. The number of ether oxygens (including phenoxy) is 1. The van der Waals surface area contributed by atoms with Crippen molar-refractivity contribution < 1.29 is 17.9 Å². The molecule has 212 valence electrons. The van der Waals surface area contributed by atoms with Crippen LogP contribution < -0.4 is 4.90 Å². The summed E-state index contributed by atoms with van der Waals surface area (Å²) in [6.07, 6.45) is 6.03. The second-order valence-electron chi connectivity index (χ2n) is 11.4. The average molecular weight is 558 g/mol. The number of likely N-dealkylation sites (tertiary alicyclic amines) is 1. The highest BCUT2D eigenvalue weighted by Gasteiger charge is 2.28. The van der Waals surface area contributed by atoms with Crippen molar-refractivity contribution in [3.8, 4) is 5.69 Å². The maximum atomic E-state index is 12.5. The molecule has 39 heavy (non-hydrogen) atoms. The smallest absolute Gasteiger partial charge is 0.410 e. The molecule has 0 aliphatic carbocycles. The molecule has 1 fully saturated rings. The van der Waals surface area contributed by atoms with E-state index in [-0.39, 0.29) is 11.0 Å². The van der Waals surface area contributed by atoms with Gasteiger partial charge in [0.05, 0.1) is 22.2 Å². The summed E-state index contributed by atoms with van der Waals surface area (Å²) >= 11 is 0. The summed E-state index contributed by atoms with van der Waals surface area (Å²) in [5, 5.41) is 5.40. The number of benzene rings is 1. The number of carbonyl (C=O) groups excluding carboxylic acids is 1. The molecule has 1 aliphatic heterocycles. The zero-order chi connectivity index (χ0) is 28.4. The molecule has 2 aromatic heterocycles. The Labute approximate surface area is 230 Å². The van der Waals surface area contributed by atoms with Crippen LogP contribution >= 0.6 is 0 Å². The van der Waals surface area contributed by atoms with Crippen LogP contribution in [0.3, 0.4) is 0 Å². The third-order valence-corrected chi connectivity index (χ3v) is 7.84. The molecule has 0 saturated carbocycles. The normalized spacial score (nSPS) is 15.2. The molecule has 1 aromatic carbocycles. The van der Waals surface area contributed by atoms with Gasteiger partial charge < -0.3 is 19.4 Å². The van der Waals surface area contributed by atoms with Gasteiger partial charge in [0, 0.05) is 39.0 Å². The first-order valence-corrected chi connectivity index (χ1v) is 15.1. The number of sulfone groups is 1. The van der Waals surface area contributed by atoms with Crippen molar-refractivity contribution in [2.24, 2.45) is 5.92 Å². The van der Waals surface area contributed by atoms with Gasteiger partial charge in [0.1, 0.15) is 17.7 Å². The van der Waals surface area contributed by atoms with Gasteiger partial charge in [0.2, 0.25) is 0 Å². The van der Waals surface area contributed by atoms with E-state index in [2.05, 4.69) is 24.9 Å². The Balaban J connectivity index is 1.55. The number of likely N-dealkylation sites (N-methyl/N-ethyl adjacent to an activating group) is 1. The number of hydrogen-bond donors (Lipinski definition) is 0. The second kappa shape index (κ2) is 11.5. The molecule has 0 N–H and O–H groups in total.